The molecule has 1 aromatic carbocycles. The average Bonchev–Trinajstić information content (AvgIpc) is 2.74. The van der Waals surface area contributed by atoms with Gasteiger partial charge in [0.05, 0.1) is 11.0 Å². The van der Waals surface area contributed by atoms with Crippen LogP contribution in [0.2, 0.25) is 0 Å². The van der Waals surface area contributed by atoms with Crippen molar-refractivity contribution in [3.05, 3.63) is 34.2 Å². The molecule has 2 aromatic rings. The molecule has 5 heteroatoms. The maximum atomic E-state index is 11.9. The van der Waals surface area contributed by atoms with Gasteiger partial charge in [0.25, 0.3) is 0 Å². The van der Waals surface area contributed by atoms with Crippen LogP contribution in [0.3, 0.4) is 0 Å². The van der Waals surface area contributed by atoms with Crippen molar-refractivity contribution < 1.29 is 4.74 Å². The minimum atomic E-state index is 0.0179. The number of nitrogens with zero attached hydrogens (tertiary/aromatic N) is 2. The predicted molar refractivity (Wildman–Crippen MR) is 90.2 cm³/mol. The quantitative estimate of drug-likeness (QED) is 0.722. The standard InChI is InChI=1S/C17H27N3O2/c1-4-5-10-22-11-6-9-18-13-14-7-8-15-16(12-14)20(3)17(21)19(15)2/h7-8,12,18H,4-6,9-11,13H2,1-3H3. The van der Waals surface area contributed by atoms with E-state index in [1.807, 2.05) is 13.1 Å². The number of nitrogens with one attached hydrogen (secondary N) is 1. The predicted octanol–water partition coefficient (Wildman–Crippen LogP) is 2.17. The molecule has 0 amide bonds. The summed E-state index contributed by atoms with van der Waals surface area (Å²) in [5.41, 5.74) is 3.17. The van der Waals surface area contributed by atoms with E-state index in [0.29, 0.717) is 0 Å². The van der Waals surface area contributed by atoms with Crippen molar-refractivity contribution in [2.75, 3.05) is 19.8 Å². The zero-order valence-electron chi connectivity index (χ0n) is 13.9. The molecule has 1 N–H and O–H groups in total. The maximum Gasteiger partial charge on any atom is 0.328 e. The number of benzene rings is 1. The van der Waals surface area contributed by atoms with Crippen LogP contribution in [0.25, 0.3) is 11.0 Å². The largest absolute Gasteiger partial charge is 0.381 e. The van der Waals surface area contributed by atoms with Gasteiger partial charge in [-0.15, -0.1) is 0 Å². The summed E-state index contributed by atoms with van der Waals surface area (Å²) in [6.07, 6.45) is 3.35. The van der Waals surface area contributed by atoms with Gasteiger partial charge < -0.3 is 10.1 Å². The number of ether oxygens (including phenoxy) is 1. The number of fused-ring (bicyclic) bond motifs is 1. The normalized spacial score (nSPS) is 11.4. The number of aryl methyl sites for hydroxylation is 2. The van der Waals surface area contributed by atoms with Crippen molar-refractivity contribution in [2.24, 2.45) is 14.1 Å². The van der Waals surface area contributed by atoms with Crippen molar-refractivity contribution in [3.63, 3.8) is 0 Å². The van der Waals surface area contributed by atoms with Gasteiger partial charge in [-0.3, -0.25) is 9.13 Å². The first-order chi connectivity index (χ1) is 10.6. The van der Waals surface area contributed by atoms with Gasteiger partial charge in [-0.05, 0) is 37.1 Å². The second-order valence-corrected chi connectivity index (χ2v) is 5.72. The highest BCUT2D eigenvalue weighted by molar-refractivity contribution is 5.76. The third-order valence-corrected chi connectivity index (χ3v) is 3.95. The third kappa shape index (κ3) is 3.99. The van der Waals surface area contributed by atoms with Crippen LogP contribution in [0, 0.1) is 0 Å². The zero-order valence-corrected chi connectivity index (χ0v) is 13.9. The molecule has 0 aliphatic heterocycles. The van der Waals surface area contributed by atoms with Crippen LogP contribution in [0.1, 0.15) is 31.7 Å². The summed E-state index contributed by atoms with van der Waals surface area (Å²) in [4.78, 5) is 11.9. The average molecular weight is 305 g/mol. The topological polar surface area (TPSA) is 48.2 Å². The number of aromatic nitrogens is 2. The summed E-state index contributed by atoms with van der Waals surface area (Å²) >= 11 is 0. The molecule has 0 saturated heterocycles. The summed E-state index contributed by atoms with van der Waals surface area (Å²) in [7, 11) is 3.62. The number of hydrogen-bond donors (Lipinski definition) is 1. The lowest BCUT2D eigenvalue weighted by Crippen LogP contribution is -2.19. The van der Waals surface area contributed by atoms with Crippen molar-refractivity contribution in [3.8, 4) is 0 Å². The Morgan fingerprint density at radius 1 is 1.09 bits per heavy atom. The molecule has 0 atom stereocenters. The van der Waals surface area contributed by atoms with E-state index in [1.165, 1.54) is 12.0 Å². The molecule has 122 valence electrons. The van der Waals surface area contributed by atoms with Crippen molar-refractivity contribution in [1.82, 2.24) is 14.5 Å². The fourth-order valence-corrected chi connectivity index (χ4v) is 2.54. The summed E-state index contributed by atoms with van der Waals surface area (Å²) < 4.78 is 8.91. The molecule has 0 unspecified atom stereocenters. The Labute approximate surface area is 131 Å². The summed E-state index contributed by atoms with van der Waals surface area (Å²) in [5.74, 6) is 0. The summed E-state index contributed by atoms with van der Waals surface area (Å²) in [6.45, 7) is 5.62. The highest BCUT2D eigenvalue weighted by atomic mass is 16.5. The van der Waals surface area contributed by atoms with Crippen LogP contribution in [0.5, 0.6) is 0 Å². The number of rotatable bonds is 9. The molecule has 0 aliphatic rings. The van der Waals surface area contributed by atoms with Gasteiger partial charge in [0.15, 0.2) is 0 Å². The Bertz CT molecular complexity index is 658. The van der Waals surface area contributed by atoms with E-state index in [2.05, 4.69) is 24.4 Å². The van der Waals surface area contributed by atoms with Crippen LogP contribution >= 0.6 is 0 Å². The molecule has 0 fully saturated rings. The molecule has 22 heavy (non-hydrogen) atoms. The number of unbranched alkanes of at least 4 members (excludes halogenated alkanes) is 1. The molecule has 0 saturated carbocycles. The molecular weight excluding hydrogens is 278 g/mol. The van der Waals surface area contributed by atoms with E-state index in [0.717, 1.165) is 50.2 Å². The van der Waals surface area contributed by atoms with Gasteiger partial charge in [-0.1, -0.05) is 19.4 Å². The lowest BCUT2D eigenvalue weighted by atomic mass is 10.2. The molecule has 0 bridgehead atoms. The molecule has 2 rings (SSSR count). The second-order valence-electron chi connectivity index (χ2n) is 5.72. The van der Waals surface area contributed by atoms with E-state index >= 15 is 0 Å². The van der Waals surface area contributed by atoms with E-state index in [4.69, 9.17) is 4.74 Å². The molecule has 1 heterocycles. The molecule has 0 spiro atoms. The van der Waals surface area contributed by atoms with E-state index < -0.39 is 0 Å². The van der Waals surface area contributed by atoms with Gasteiger partial charge >= 0.3 is 5.69 Å². The zero-order chi connectivity index (χ0) is 15.9. The fraction of sp³-hybridized carbons (Fsp3) is 0.588. The first-order valence-corrected chi connectivity index (χ1v) is 8.08. The Morgan fingerprint density at radius 3 is 2.59 bits per heavy atom. The van der Waals surface area contributed by atoms with Crippen molar-refractivity contribution >= 4 is 11.0 Å². The fourth-order valence-electron chi connectivity index (χ4n) is 2.54. The second kappa shape index (κ2) is 8.15. The molecule has 5 nitrogen and oxygen atoms in total. The Hall–Kier alpha value is -1.59. The van der Waals surface area contributed by atoms with Gasteiger partial charge in [-0.2, -0.15) is 0 Å². The van der Waals surface area contributed by atoms with Crippen molar-refractivity contribution in [2.45, 2.75) is 32.7 Å². The van der Waals surface area contributed by atoms with E-state index in [1.54, 1.807) is 16.2 Å². The van der Waals surface area contributed by atoms with Crippen LogP contribution in [-0.4, -0.2) is 28.9 Å². The Kier molecular flexibility index (Phi) is 6.21. The Morgan fingerprint density at radius 2 is 1.82 bits per heavy atom. The van der Waals surface area contributed by atoms with Gasteiger partial charge in [0.1, 0.15) is 0 Å². The maximum absolute atomic E-state index is 11.9. The van der Waals surface area contributed by atoms with Crippen LogP contribution in [-0.2, 0) is 25.4 Å². The van der Waals surface area contributed by atoms with Crippen molar-refractivity contribution in [1.29, 1.82) is 0 Å². The SMILES string of the molecule is CCCCOCCCNCc1ccc2c(c1)n(C)c(=O)n2C. The first kappa shape index (κ1) is 16.8. The number of imidazole rings is 1. The minimum absolute atomic E-state index is 0.0179. The van der Waals surface area contributed by atoms with Crippen LogP contribution in [0.15, 0.2) is 23.0 Å². The molecule has 0 aliphatic carbocycles. The highest BCUT2D eigenvalue weighted by Crippen LogP contribution is 2.13. The highest BCUT2D eigenvalue weighted by Gasteiger charge is 2.07. The lowest BCUT2D eigenvalue weighted by molar-refractivity contribution is 0.129. The van der Waals surface area contributed by atoms with E-state index in [-0.39, 0.29) is 5.69 Å². The van der Waals surface area contributed by atoms with Gasteiger partial charge in [0, 0.05) is 33.9 Å². The molecular formula is C17H27N3O2. The van der Waals surface area contributed by atoms with Gasteiger partial charge in [0.2, 0.25) is 0 Å². The summed E-state index contributed by atoms with van der Waals surface area (Å²) in [5, 5.41) is 3.42. The first-order valence-electron chi connectivity index (χ1n) is 8.08. The smallest absolute Gasteiger partial charge is 0.328 e. The molecule has 0 radical (unpaired) electrons. The van der Waals surface area contributed by atoms with Crippen LogP contribution < -0.4 is 11.0 Å². The lowest BCUT2D eigenvalue weighted by Gasteiger charge is -2.06. The monoisotopic (exact) mass is 305 g/mol. The van der Waals surface area contributed by atoms with E-state index in [9.17, 15) is 4.79 Å². The third-order valence-electron chi connectivity index (χ3n) is 3.95. The minimum Gasteiger partial charge on any atom is -0.381 e. The Balaban J connectivity index is 1.80. The number of hydrogen-bond acceptors (Lipinski definition) is 3. The van der Waals surface area contributed by atoms with Gasteiger partial charge in [-0.25, -0.2) is 4.79 Å². The summed E-state index contributed by atoms with van der Waals surface area (Å²) in [6, 6.07) is 6.18. The van der Waals surface area contributed by atoms with Crippen LogP contribution in [0.4, 0.5) is 0 Å². The molecule has 1 aromatic heterocycles.